The highest BCUT2D eigenvalue weighted by molar-refractivity contribution is 5.61. The van der Waals surface area contributed by atoms with Gasteiger partial charge in [0.05, 0.1) is 7.11 Å². The molecule has 0 aromatic heterocycles. The summed E-state index contributed by atoms with van der Waals surface area (Å²) in [6, 6.07) is 25.7. The number of para-hydroxylation sites is 1. The fourth-order valence-electron chi connectivity index (χ4n) is 10.0. The second-order valence-corrected chi connectivity index (χ2v) is 13.1. The molecule has 4 unspecified atom stereocenters. The van der Waals surface area contributed by atoms with Crippen LogP contribution >= 0.6 is 0 Å². The first kappa shape index (κ1) is 25.2. The van der Waals surface area contributed by atoms with Crippen LogP contribution in [0.3, 0.4) is 0 Å². The van der Waals surface area contributed by atoms with Crippen LogP contribution in [0.1, 0.15) is 42.0 Å². The van der Waals surface area contributed by atoms with E-state index in [2.05, 4.69) is 84.4 Å². The molecule has 7 rings (SSSR count). The molecule has 3 aromatic rings. The summed E-state index contributed by atoms with van der Waals surface area (Å²) in [5, 5.41) is 10.7. The second-order valence-electron chi connectivity index (χ2n) is 13.1. The molecule has 4 nitrogen and oxygen atoms in total. The smallest absolute Gasteiger partial charge is 0.122 e. The Kier molecular flexibility index (Phi) is 5.88. The molecule has 204 valence electrons. The minimum Gasteiger partial charge on any atom is -0.508 e. The molecular weight excluding hydrogens is 480 g/mol. The van der Waals surface area contributed by atoms with E-state index in [9.17, 15) is 5.11 Å². The van der Waals surface area contributed by atoms with Gasteiger partial charge in [0.25, 0.3) is 0 Å². The predicted molar refractivity (Wildman–Crippen MR) is 156 cm³/mol. The number of rotatable bonds is 8. The summed E-state index contributed by atoms with van der Waals surface area (Å²) in [5.41, 5.74) is 6.33. The number of aromatic hydroxyl groups is 1. The molecular formula is C35H42N2O2. The molecule has 4 heteroatoms. The second kappa shape index (κ2) is 9.11. The Bertz CT molecular complexity index is 1370. The monoisotopic (exact) mass is 522 g/mol. The zero-order valence-electron chi connectivity index (χ0n) is 23.7. The van der Waals surface area contributed by atoms with Crippen molar-refractivity contribution in [1.29, 1.82) is 0 Å². The van der Waals surface area contributed by atoms with Gasteiger partial charge in [0.2, 0.25) is 0 Å². The number of phenolic OH excluding ortho intramolecular Hbond substituents is 1. The summed E-state index contributed by atoms with van der Waals surface area (Å²) in [6.45, 7) is 8.13. The van der Waals surface area contributed by atoms with Crippen LogP contribution in [0.4, 0.5) is 0 Å². The minimum atomic E-state index is 0.160. The molecule has 0 radical (unpaired) electrons. The van der Waals surface area contributed by atoms with Gasteiger partial charge in [-0.05, 0) is 97.0 Å². The zero-order valence-corrected chi connectivity index (χ0v) is 23.7. The number of hydrogen-bond acceptors (Lipinski definition) is 4. The van der Waals surface area contributed by atoms with Gasteiger partial charge in [-0.3, -0.25) is 4.90 Å². The Morgan fingerprint density at radius 2 is 1.85 bits per heavy atom. The van der Waals surface area contributed by atoms with Gasteiger partial charge in [-0.15, -0.1) is 0 Å². The highest BCUT2D eigenvalue weighted by Gasteiger charge is 2.91. The summed E-state index contributed by atoms with van der Waals surface area (Å²) in [6.07, 6.45) is 4.75. The van der Waals surface area contributed by atoms with E-state index in [-0.39, 0.29) is 16.2 Å². The van der Waals surface area contributed by atoms with Crippen molar-refractivity contribution < 1.29 is 9.84 Å². The van der Waals surface area contributed by atoms with Crippen LogP contribution in [-0.4, -0.2) is 55.2 Å². The molecule has 1 saturated heterocycles. The number of fused-ring (bicyclic) bond motifs is 3. The summed E-state index contributed by atoms with van der Waals surface area (Å²) in [4.78, 5) is 5.30. The lowest BCUT2D eigenvalue weighted by Gasteiger charge is -2.42. The lowest BCUT2D eigenvalue weighted by Crippen LogP contribution is -2.46. The number of methoxy groups -OCH3 is 1. The topological polar surface area (TPSA) is 35.9 Å². The SMILES string of the molecule is COc1ccccc1CCN(C)CC12Cc3ccc(O)cc3C13C1CN(Cc4ccccc4)CC[C@H]1CC23C. The third-order valence-corrected chi connectivity index (χ3v) is 11.4. The molecule has 0 bridgehead atoms. The number of likely N-dealkylation sites (tertiary alicyclic amines) is 1. The molecule has 0 amide bonds. The maximum Gasteiger partial charge on any atom is 0.122 e. The summed E-state index contributed by atoms with van der Waals surface area (Å²) >= 11 is 0. The summed E-state index contributed by atoms with van der Waals surface area (Å²) < 4.78 is 5.63. The van der Waals surface area contributed by atoms with Crippen molar-refractivity contribution in [2.75, 3.05) is 40.3 Å². The number of likely N-dealkylation sites (N-methyl/N-ethyl adjacent to an activating group) is 1. The van der Waals surface area contributed by atoms with Crippen molar-refractivity contribution in [3.63, 3.8) is 0 Å². The van der Waals surface area contributed by atoms with Crippen LogP contribution in [0.25, 0.3) is 0 Å². The molecule has 1 spiro atoms. The number of benzene rings is 3. The lowest BCUT2D eigenvalue weighted by atomic mass is 9.71. The van der Waals surface area contributed by atoms with Crippen molar-refractivity contribution in [2.24, 2.45) is 22.7 Å². The molecule has 3 aliphatic carbocycles. The van der Waals surface area contributed by atoms with Crippen LogP contribution < -0.4 is 4.74 Å². The minimum absolute atomic E-state index is 0.160. The van der Waals surface area contributed by atoms with Crippen molar-refractivity contribution in [3.8, 4) is 11.5 Å². The Balaban J connectivity index is 1.18. The number of phenols is 1. The third-order valence-electron chi connectivity index (χ3n) is 11.4. The van der Waals surface area contributed by atoms with Crippen molar-refractivity contribution in [1.82, 2.24) is 9.80 Å². The Morgan fingerprint density at radius 1 is 1.05 bits per heavy atom. The van der Waals surface area contributed by atoms with Gasteiger partial charge in [0, 0.05) is 37.0 Å². The quantitative estimate of drug-likeness (QED) is 0.399. The van der Waals surface area contributed by atoms with Crippen LogP contribution in [-0.2, 0) is 24.8 Å². The molecule has 5 atom stereocenters. The maximum atomic E-state index is 10.7. The Labute approximate surface area is 233 Å². The van der Waals surface area contributed by atoms with E-state index >= 15 is 0 Å². The lowest BCUT2D eigenvalue weighted by molar-refractivity contribution is 0.0751. The molecule has 39 heavy (non-hydrogen) atoms. The maximum absolute atomic E-state index is 10.7. The van der Waals surface area contributed by atoms with Gasteiger partial charge in [-0.25, -0.2) is 0 Å². The Morgan fingerprint density at radius 3 is 2.67 bits per heavy atom. The molecule has 4 aliphatic rings. The van der Waals surface area contributed by atoms with Crippen LogP contribution in [0, 0.1) is 22.7 Å². The van der Waals surface area contributed by atoms with Gasteiger partial charge < -0.3 is 14.7 Å². The van der Waals surface area contributed by atoms with E-state index in [4.69, 9.17) is 4.74 Å². The number of ether oxygens (including phenoxy) is 1. The van der Waals surface area contributed by atoms with Gasteiger partial charge in [-0.1, -0.05) is 61.5 Å². The van der Waals surface area contributed by atoms with Crippen LogP contribution in [0.15, 0.2) is 72.8 Å². The first-order valence-corrected chi connectivity index (χ1v) is 14.8. The highest BCUT2D eigenvalue weighted by atomic mass is 16.5. The molecule has 1 heterocycles. The van der Waals surface area contributed by atoms with Crippen molar-refractivity contribution in [3.05, 3.63) is 95.1 Å². The first-order chi connectivity index (χ1) is 18.9. The van der Waals surface area contributed by atoms with Crippen molar-refractivity contribution >= 4 is 0 Å². The van der Waals surface area contributed by atoms with E-state index in [1.807, 2.05) is 12.1 Å². The number of piperidine rings is 1. The largest absolute Gasteiger partial charge is 0.508 e. The number of nitrogens with zero attached hydrogens (tertiary/aromatic N) is 2. The fraction of sp³-hybridized carbons (Fsp3) is 0.486. The van der Waals surface area contributed by atoms with Gasteiger partial charge in [-0.2, -0.15) is 0 Å². The van der Waals surface area contributed by atoms with Crippen LogP contribution in [0.5, 0.6) is 11.5 Å². The van der Waals surface area contributed by atoms with E-state index < -0.39 is 0 Å². The average Bonchev–Trinajstić information content (AvgIpc) is 3.15. The summed E-state index contributed by atoms with van der Waals surface area (Å²) in [5.74, 6) is 2.84. The Hall–Kier alpha value is -2.82. The van der Waals surface area contributed by atoms with Gasteiger partial charge in [0.15, 0.2) is 0 Å². The van der Waals surface area contributed by atoms with E-state index in [0.717, 1.165) is 50.7 Å². The molecule has 1 N–H and O–H groups in total. The molecule has 1 aliphatic heterocycles. The van der Waals surface area contributed by atoms with E-state index in [0.29, 0.717) is 11.7 Å². The predicted octanol–water partition coefficient (Wildman–Crippen LogP) is 5.92. The zero-order chi connectivity index (χ0) is 26.8. The highest BCUT2D eigenvalue weighted by Crippen LogP contribution is 2.92. The first-order valence-electron chi connectivity index (χ1n) is 14.8. The molecule has 2 saturated carbocycles. The van der Waals surface area contributed by atoms with Crippen molar-refractivity contribution in [2.45, 2.75) is 44.6 Å². The number of hydrogen-bond donors (Lipinski definition) is 1. The van der Waals surface area contributed by atoms with Crippen LogP contribution in [0.2, 0.25) is 0 Å². The third kappa shape index (κ3) is 3.50. The standard InChI is InChI=1S/C35H42N2O2/c1-33-20-28-16-18-37(22-25-9-5-4-6-10-25)23-31(28)35(33)30-19-29(38)14-13-27(30)21-34(33,35)24-36(2)17-15-26-11-7-8-12-32(26)39-3/h4-14,19,28,31,38H,15-18,20-24H2,1-3H3/t28-,31?,33?,34?,35?/m0/s1. The summed E-state index contributed by atoms with van der Waals surface area (Å²) in [7, 11) is 4.08. The molecule has 3 aromatic carbocycles. The average molecular weight is 523 g/mol. The fourth-order valence-corrected chi connectivity index (χ4v) is 10.0. The van der Waals surface area contributed by atoms with Gasteiger partial charge >= 0.3 is 0 Å². The van der Waals surface area contributed by atoms with Gasteiger partial charge in [0.1, 0.15) is 11.5 Å². The van der Waals surface area contributed by atoms with E-state index in [1.54, 1.807) is 7.11 Å². The van der Waals surface area contributed by atoms with E-state index in [1.165, 1.54) is 41.6 Å². The normalized spacial score (nSPS) is 32.4. The molecule has 3 fully saturated rings.